The van der Waals surface area contributed by atoms with E-state index in [1.54, 1.807) is 0 Å². The Morgan fingerprint density at radius 3 is 2.44 bits per heavy atom. The van der Waals surface area contributed by atoms with Crippen molar-refractivity contribution >= 4 is 10.9 Å². The maximum absolute atomic E-state index is 3.14. The minimum atomic E-state index is 0. The van der Waals surface area contributed by atoms with Gasteiger partial charge in [0.25, 0.3) is 0 Å². The molecule has 0 saturated carbocycles. The van der Waals surface area contributed by atoms with E-state index in [2.05, 4.69) is 56.5 Å². The number of fused-ring (bicyclic) bond motifs is 1. The van der Waals surface area contributed by atoms with Gasteiger partial charge in [0.2, 0.25) is 0 Å². The molecular formula is C14H18NY-. The predicted molar refractivity (Wildman–Crippen MR) is 65.2 cm³/mol. The fourth-order valence-electron chi connectivity index (χ4n) is 2.16. The predicted octanol–water partition coefficient (Wildman–Crippen LogP) is 4.14. The second-order valence-electron chi connectivity index (χ2n) is 4.67. The molecule has 0 bridgehead atoms. The Bertz CT molecular complexity index is 469. The molecule has 0 unspecified atom stereocenters. The molecular weight excluding hydrogens is 271 g/mol. The molecule has 0 aliphatic heterocycles. The van der Waals surface area contributed by atoms with Crippen LogP contribution < -0.4 is 0 Å². The molecule has 0 spiro atoms. The molecule has 1 nitrogen and oxygen atoms in total. The minimum absolute atomic E-state index is 0. The van der Waals surface area contributed by atoms with E-state index in [4.69, 9.17) is 0 Å². The zero-order chi connectivity index (χ0) is 11.0. The normalized spacial score (nSPS) is 11.1. The van der Waals surface area contributed by atoms with E-state index in [1.807, 2.05) is 6.07 Å². The first-order chi connectivity index (χ1) is 7.11. The quantitative estimate of drug-likeness (QED) is 0.732. The van der Waals surface area contributed by atoms with Gasteiger partial charge in [-0.1, -0.05) is 25.4 Å². The van der Waals surface area contributed by atoms with Crippen molar-refractivity contribution in [3.05, 3.63) is 36.0 Å². The van der Waals surface area contributed by atoms with Crippen molar-refractivity contribution in [3.63, 3.8) is 0 Å². The van der Waals surface area contributed by atoms with Gasteiger partial charge in [-0.3, -0.25) is 0 Å². The van der Waals surface area contributed by atoms with Crippen LogP contribution in [0.15, 0.2) is 24.3 Å². The van der Waals surface area contributed by atoms with Crippen LogP contribution in [0.2, 0.25) is 0 Å². The maximum atomic E-state index is 3.14. The Morgan fingerprint density at radius 2 is 1.88 bits per heavy atom. The fourth-order valence-corrected chi connectivity index (χ4v) is 2.16. The second-order valence-corrected chi connectivity index (χ2v) is 4.67. The largest absolute Gasteiger partial charge is 0.366 e. The van der Waals surface area contributed by atoms with Crippen LogP contribution in [-0.2, 0) is 32.7 Å². The Morgan fingerprint density at radius 1 is 1.19 bits per heavy atom. The average Bonchev–Trinajstić information content (AvgIpc) is 2.56. The molecule has 0 aliphatic rings. The van der Waals surface area contributed by atoms with Crippen molar-refractivity contribution in [1.29, 1.82) is 0 Å². The third kappa shape index (κ3) is 2.41. The summed E-state index contributed by atoms with van der Waals surface area (Å²) in [6.45, 7) is 8.97. The molecule has 2 heteroatoms. The van der Waals surface area contributed by atoms with Gasteiger partial charge in [0.05, 0.1) is 0 Å². The molecule has 1 heterocycles. The van der Waals surface area contributed by atoms with Crippen molar-refractivity contribution in [2.45, 2.75) is 39.7 Å². The molecule has 0 aliphatic carbocycles. The zero-order valence-corrected chi connectivity index (χ0v) is 13.3. The van der Waals surface area contributed by atoms with Crippen LogP contribution in [0.4, 0.5) is 0 Å². The van der Waals surface area contributed by atoms with Crippen molar-refractivity contribution < 1.29 is 32.7 Å². The van der Waals surface area contributed by atoms with Gasteiger partial charge >= 0.3 is 0 Å². The Balaban J connectivity index is 0.00000128. The number of hydrogen-bond donors (Lipinski definition) is 0. The molecule has 2 rings (SSSR count). The second kappa shape index (κ2) is 5.47. The van der Waals surface area contributed by atoms with Crippen molar-refractivity contribution in [2.75, 3.05) is 0 Å². The first-order valence-corrected chi connectivity index (χ1v) is 5.62. The van der Waals surface area contributed by atoms with Crippen LogP contribution in [-0.4, -0.2) is 4.57 Å². The van der Waals surface area contributed by atoms with Gasteiger partial charge in [0, 0.05) is 44.4 Å². The van der Waals surface area contributed by atoms with Gasteiger partial charge in [0.1, 0.15) is 0 Å². The van der Waals surface area contributed by atoms with Gasteiger partial charge in [-0.25, -0.2) is 0 Å². The molecule has 83 valence electrons. The van der Waals surface area contributed by atoms with Crippen LogP contribution in [0.25, 0.3) is 10.9 Å². The van der Waals surface area contributed by atoms with E-state index in [1.165, 1.54) is 16.6 Å². The SMILES string of the molecule is CC(C)c1cc2c[c-]ccc2n1C(C)C.[Y]. The third-order valence-corrected chi connectivity index (χ3v) is 2.82. The smallest absolute Gasteiger partial charge is 0.0260 e. The standard InChI is InChI=1S/C14H18N.Y/c1-10(2)14-9-12-7-5-6-8-13(12)15(14)11(3)4;/h6-11H,1-4H3;/q-1;. The van der Waals surface area contributed by atoms with Gasteiger partial charge in [-0.05, 0) is 19.8 Å². The average molecular weight is 289 g/mol. The Labute approximate surface area is 123 Å². The van der Waals surface area contributed by atoms with Gasteiger partial charge < -0.3 is 4.57 Å². The number of benzene rings is 1. The number of nitrogens with zero attached hydrogens (tertiary/aromatic N) is 1. The van der Waals surface area contributed by atoms with E-state index < -0.39 is 0 Å². The monoisotopic (exact) mass is 289 g/mol. The molecule has 1 aromatic carbocycles. The van der Waals surface area contributed by atoms with Crippen LogP contribution in [0.1, 0.15) is 45.3 Å². The molecule has 16 heavy (non-hydrogen) atoms. The molecule has 0 fully saturated rings. The molecule has 0 saturated heterocycles. The van der Waals surface area contributed by atoms with Crippen LogP contribution >= 0.6 is 0 Å². The summed E-state index contributed by atoms with van der Waals surface area (Å²) >= 11 is 0. The summed E-state index contributed by atoms with van der Waals surface area (Å²) in [4.78, 5) is 0. The summed E-state index contributed by atoms with van der Waals surface area (Å²) in [7, 11) is 0. The van der Waals surface area contributed by atoms with E-state index in [-0.39, 0.29) is 32.7 Å². The molecule has 1 aromatic heterocycles. The van der Waals surface area contributed by atoms with Crippen LogP contribution in [0.3, 0.4) is 0 Å². The van der Waals surface area contributed by atoms with Crippen LogP contribution in [0.5, 0.6) is 0 Å². The summed E-state index contributed by atoms with van der Waals surface area (Å²) in [6, 6.07) is 12.2. The van der Waals surface area contributed by atoms with E-state index in [0.29, 0.717) is 12.0 Å². The van der Waals surface area contributed by atoms with Crippen molar-refractivity contribution in [2.24, 2.45) is 0 Å². The van der Waals surface area contributed by atoms with Gasteiger partial charge in [-0.2, -0.15) is 18.2 Å². The van der Waals surface area contributed by atoms with Crippen molar-refractivity contribution in [3.8, 4) is 0 Å². The topological polar surface area (TPSA) is 4.93 Å². The maximum Gasteiger partial charge on any atom is 0.0260 e. The molecule has 0 N–H and O–H groups in total. The van der Waals surface area contributed by atoms with Gasteiger partial charge in [-0.15, -0.1) is 11.5 Å². The molecule has 2 aromatic rings. The van der Waals surface area contributed by atoms with E-state index in [9.17, 15) is 0 Å². The summed E-state index contributed by atoms with van der Waals surface area (Å²) in [6.07, 6.45) is 0. The van der Waals surface area contributed by atoms with Crippen LogP contribution in [0, 0.1) is 6.07 Å². The first kappa shape index (κ1) is 13.9. The summed E-state index contributed by atoms with van der Waals surface area (Å²) in [5.41, 5.74) is 2.74. The Kier molecular flexibility index (Phi) is 4.76. The van der Waals surface area contributed by atoms with Crippen molar-refractivity contribution in [1.82, 2.24) is 4.57 Å². The number of aromatic nitrogens is 1. The zero-order valence-electron chi connectivity index (χ0n) is 10.5. The molecule has 1 radical (unpaired) electrons. The molecule has 0 atom stereocenters. The van der Waals surface area contributed by atoms with E-state index >= 15 is 0 Å². The summed E-state index contributed by atoms with van der Waals surface area (Å²) < 4.78 is 2.42. The first-order valence-electron chi connectivity index (χ1n) is 5.62. The number of hydrogen-bond acceptors (Lipinski definition) is 0. The van der Waals surface area contributed by atoms with Gasteiger partial charge in [0.15, 0.2) is 0 Å². The third-order valence-electron chi connectivity index (χ3n) is 2.82. The Hall–Kier alpha value is -0.136. The summed E-state index contributed by atoms with van der Waals surface area (Å²) in [5, 5.41) is 1.30. The molecule has 0 amide bonds. The minimum Gasteiger partial charge on any atom is -0.366 e. The number of rotatable bonds is 2. The fraction of sp³-hybridized carbons (Fsp3) is 0.429. The summed E-state index contributed by atoms with van der Waals surface area (Å²) in [5.74, 6) is 0.569. The van der Waals surface area contributed by atoms with E-state index in [0.717, 1.165) is 0 Å².